The Labute approximate surface area is 409 Å². The van der Waals surface area contributed by atoms with Crippen LogP contribution >= 0.6 is 7.82 Å². The third-order valence-corrected chi connectivity index (χ3v) is 11.3. The zero-order chi connectivity index (χ0) is 48.8. The van der Waals surface area contributed by atoms with Gasteiger partial charge in [-0.1, -0.05) is 200 Å². The molecular weight excluding hydrogens is 858 g/mol. The van der Waals surface area contributed by atoms with Crippen molar-refractivity contribution in [3.63, 3.8) is 0 Å². The minimum Gasteiger partial charge on any atom is -0.462 e. The van der Waals surface area contributed by atoms with E-state index >= 15 is 0 Å². The topological polar surface area (TPSA) is 134 Å². The van der Waals surface area contributed by atoms with Crippen molar-refractivity contribution in [1.29, 1.82) is 0 Å². The number of nitrogens with two attached hydrogens (primary N) is 1. The minimum absolute atomic E-state index is 0.0359. The summed E-state index contributed by atoms with van der Waals surface area (Å²) in [6.07, 6.45) is 71.0. The lowest BCUT2D eigenvalue weighted by atomic mass is 10.1. The Bertz CT molecular complexity index is 1500. The van der Waals surface area contributed by atoms with Gasteiger partial charge in [0.25, 0.3) is 0 Å². The zero-order valence-corrected chi connectivity index (χ0v) is 43.0. The number of ether oxygens (including phenoxy) is 2. The molecule has 0 aromatic heterocycles. The maximum absolute atomic E-state index is 12.6. The van der Waals surface area contributed by atoms with Gasteiger partial charge in [0, 0.05) is 19.4 Å². The van der Waals surface area contributed by atoms with Gasteiger partial charge in [0.2, 0.25) is 0 Å². The fourth-order valence-corrected chi connectivity index (χ4v) is 7.28. The molecule has 0 fully saturated rings. The highest BCUT2D eigenvalue weighted by Crippen LogP contribution is 2.43. The van der Waals surface area contributed by atoms with Crippen LogP contribution in [0.1, 0.15) is 194 Å². The van der Waals surface area contributed by atoms with E-state index in [2.05, 4.69) is 129 Å². The SMILES string of the molecule is CC/C=C\C/C=C\C/C=C\C/C=C\C/C=C\C/C=C\C/C=C\CCCC(=O)OC(COC(=O)CCCCCCCCCC/C=C\C/C=C\C/C=C\CCCCCCC)COP(=O)(O)OCCN. The molecule has 0 heterocycles. The molecule has 0 aliphatic heterocycles. The largest absolute Gasteiger partial charge is 0.472 e. The second-order valence-corrected chi connectivity index (χ2v) is 18.1. The van der Waals surface area contributed by atoms with Crippen LogP contribution in [0.3, 0.4) is 0 Å². The Hall–Kier alpha value is -3.59. The van der Waals surface area contributed by atoms with E-state index in [0.29, 0.717) is 19.3 Å². The second-order valence-electron chi connectivity index (χ2n) is 16.7. The van der Waals surface area contributed by atoms with Crippen molar-refractivity contribution in [3.8, 4) is 0 Å². The van der Waals surface area contributed by atoms with Crippen molar-refractivity contribution in [1.82, 2.24) is 0 Å². The number of unbranched alkanes of at least 4 members (excludes halogenated alkanes) is 14. The summed E-state index contributed by atoms with van der Waals surface area (Å²) in [4.78, 5) is 35.1. The fraction of sp³-hybridized carbons (Fsp3) is 0.614. The molecule has 0 aliphatic rings. The van der Waals surface area contributed by atoms with Crippen molar-refractivity contribution < 1.29 is 37.6 Å². The number of phosphoric acid groups is 1. The summed E-state index contributed by atoms with van der Waals surface area (Å²) in [5.41, 5.74) is 5.36. The summed E-state index contributed by atoms with van der Waals surface area (Å²) in [6.45, 7) is 3.52. The lowest BCUT2D eigenvalue weighted by molar-refractivity contribution is -0.161. The first kappa shape index (κ1) is 63.4. The molecule has 0 amide bonds. The molecule has 2 unspecified atom stereocenters. The van der Waals surface area contributed by atoms with Crippen LogP contribution in [-0.4, -0.2) is 49.3 Å². The van der Waals surface area contributed by atoms with E-state index in [1.54, 1.807) is 0 Å². The molecule has 0 aliphatic carbocycles. The van der Waals surface area contributed by atoms with E-state index in [9.17, 15) is 19.0 Å². The molecule has 0 radical (unpaired) electrons. The molecule has 67 heavy (non-hydrogen) atoms. The second kappa shape index (κ2) is 51.8. The molecule has 0 aromatic carbocycles. The van der Waals surface area contributed by atoms with Crippen LogP contribution in [0.15, 0.2) is 122 Å². The quantitative estimate of drug-likeness (QED) is 0.0265. The van der Waals surface area contributed by atoms with Crippen molar-refractivity contribution >= 4 is 19.8 Å². The molecule has 0 saturated carbocycles. The van der Waals surface area contributed by atoms with Gasteiger partial charge in [0.1, 0.15) is 6.61 Å². The molecule has 0 rings (SSSR count). The first-order valence-corrected chi connectivity index (χ1v) is 27.5. The first-order valence-electron chi connectivity index (χ1n) is 26.0. The molecule has 10 heteroatoms. The van der Waals surface area contributed by atoms with E-state index in [-0.39, 0.29) is 32.6 Å². The lowest BCUT2D eigenvalue weighted by Gasteiger charge is -2.19. The van der Waals surface area contributed by atoms with Crippen LogP contribution < -0.4 is 5.73 Å². The fourth-order valence-electron chi connectivity index (χ4n) is 6.51. The number of phosphoric ester groups is 1. The third kappa shape index (κ3) is 51.6. The van der Waals surface area contributed by atoms with Gasteiger partial charge in [0.05, 0.1) is 13.2 Å². The van der Waals surface area contributed by atoms with Crippen LogP contribution in [0, 0.1) is 0 Å². The smallest absolute Gasteiger partial charge is 0.462 e. The molecule has 0 aromatic rings. The molecule has 0 spiro atoms. The van der Waals surface area contributed by atoms with Gasteiger partial charge in [-0.3, -0.25) is 18.6 Å². The van der Waals surface area contributed by atoms with Crippen LogP contribution in [-0.2, 0) is 32.7 Å². The summed E-state index contributed by atoms with van der Waals surface area (Å²) in [5.74, 6) is -0.916. The molecule has 0 saturated heterocycles. The average Bonchev–Trinajstić information content (AvgIpc) is 3.32. The van der Waals surface area contributed by atoms with E-state index in [1.807, 2.05) is 6.08 Å². The Balaban J connectivity index is 4.20. The van der Waals surface area contributed by atoms with Gasteiger partial charge >= 0.3 is 19.8 Å². The van der Waals surface area contributed by atoms with Crippen LogP contribution in [0.2, 0.25) is 0 Å². The maximum Gasteiger partial charge on any atom is 0.472 e. The first-order chi connectivity index (χ1) is 32.8. The monoisotopic (exact) mass is 952 g/mol. The van der Waals surface area contributed by atoms with Gasteiger partial charge in [0.15, 0.2) is 6.10 Å². The summed E-state index contributed by atoms with van der Waals surface area (Å²) in [7, 11) is -4.41. The van der Waals surface area contributed by atoms with Gasteiger partial charge in [-0.15, -0.1) is 0 Å². The Morgan fingerprint density at radius 2 is 0.836 bits per heavy atom. The highest BCUT2D eigenvalue weighted by Gasteiger charge is 2.26. The van der Waals surface area contributed by atoms with Crippen LogP contribution in [0.5, 0.6) is 0 Å². The van der Waals surface area contributed by atoms with E-state index in [4.69, 9.17) is 24.3 Å². The van der Waals surface area contributed by atoms with E-state index < -0.39 is 32.5 Å². The normalized spacial score (nSPS) is 14.1. The van der Waals surface area contributed by atoms with Crippen molar-refractivity contribution in [2.45, 2.75) is 200 Å². The predicted octanol–water partition coefficient (Wildman–Crippen LogP) is 16.1. The number of esters is 2. The maximum atomic E-state index is 12.6. The van der Waals surface area contributed by atoms with Gasteiger partial charge in [-0.05, 0) is 103 Å². The predicted molar refractivity (Wildman–Crippen MR) is 284 cm³/mol. The van der Waals surface area contributed by atoms with Crippen molar-refractivity contribution in [2.24, 2.45) is 5.73 Å². The Morgan fingerprint density at radius 1 is 0.463 bits per heavy atom. The highest BCUT2D eigenvalue weighted by molar-refractivity contribution is 7.47. The highest BCUT2D eigenvalue weighted by atomic mass is 31.2. The van der Waals surface area contributed by atoms with E-state index in [0.717, 1.165) is 83.5 Å². The molecular formula is C57H94NO8P. The summed E-state index contributed by atoms with van der Waals surface area (Å²) in [6, 6.07) is 0. The average molecular weight is 952 g/mol. The van der Waals surface area contributed by atoms with Gasteiger partial charge < -0.3 is 20.1 Å². The Morgan fingerprint density at radius 3 is 1.27 bits per heavy atom. The van der Waals surface area contributed by atoms with Gasteiger partial charge in [-0.2, -0.15) is 0 Å². The molecule has 9 nitrogen and oxygen atoms in total. The van der Waals surface area contributed by atoms with Crippen molar-refractivity contribution in [3.05, 3.63) is 122 Å². The van der Waals surface area contributed by atoms with Crippen molar-refractivity contribution in [2.75, 3.05) is 26.4 Å². The summed E-state index contributed by atoms with van der Waals surface area (Å²) >= 11 is 0. The summed E-state index contributed by atoms with van der Waals surface area (Å²) in [5, 5.41) is 0. The van der Waals surface area contributed by atoms with Gasteiger partial charge in [-0.25, -0.2) is 4.57 Å². The number of hydrogen-bond acceptors (Lipinski definition) is 8. The molecule has 0 bridgehead atoms. The number of hydrogen-bond donors (Lipinski definition) is 2. The Kier molecular flexibility index (Phi) is 49.0. The van der Waals surface area contributed by atoms with E-state index in [1.165, 1.54) is 64.2 Å². The standard InChI is InChI=1S/C57H94NO8P/c1-3-5-7-9-11-13-15-17-19-21-23-25-27-29-31-33-35-37-39-41-43-45-47-49-56(59)63-53-55(54-65-67(61,62)64-52-51-58)66-57(60)50-48-46-44-42-40-38-36-34-32-30-28-26-24-22-20-18-16-14-12-10-8-6-4-2/h6,8,12,14-15,17-18,20-21,23-24,26-27,29-30,32,36,38,42,44,55H,3-5,7,9-11,13,16,19,22,25,28,31,33-35,37,39-41,43,45-54,58H2,1-2H3,(H,61,62)/b8-6-,14-12-,17-15-,20-18-,23-21-,26-24-,29-27-,32-30-,38-36-,44-42-. The summed E-state index contributed by atoms with van der Waals surface area (Å²) < 4.78 is 32.9. The number of rotatable bonds is 47. The molecule has 2 atom stereocenters. The third-order valence-electron chi connectivity index (χ3n) is 10.3. The minimum atomic E-state index is -4.41. The lowest BCUT2D eigenvalue weighted by Crippen LogP contribution is -2.29. The van der Waals surface area contributed by atoms with Crippen LogP contribution in [0.25, 0.3) is 0 Å². The number of carbonyl (C=O) groups excluding carboxylic acids is 2. The number of allylic oxidation sites excluding steroid dienone is 20. The molecule has 380 valence electrons. The number of carbonyl (C=O) groups is 2. The zero-order valence-electron chi connectivity index (χ0n) is 42.1. The van der Waals surface area contributed by atoms with Crippen LogP contribution in [0.4, 0.5) is 0 Å². The molecule has 3 N–H and O–H groups in total.